The second-order valence-corrected chi connectivity index (χ2v) is 7.19. The van der Waals surface area contributed by atoms with Gasteiger partial charge in [0, 0.05) is 38.1 Å². The largest absolute Gasteiger partial charge is 0.507 e. The second kappa shape index (κ2) is 7.78. The molecule has 1 aliphatic rings. The number of aromatic hydroxyl groups is 1. The van der Waals surface area contributed by atoms with Gasteiger partial charge in [-0.25, -0.2) is 4.98 Å². The van der Waals surface area contributed by atoms with Gasteiger partial charge in [-0.3, -0.25) is 4.40 Å². The number of likely N-dealkylation sites (tertiary alicyclic amines) is 1. The third-order valence-corrected chi connectivity index (χ3v) is 5.23. The van der Waals surface area contributed by atoms with Crippen LogP contribution in [0.3, 0.4) is 0 Å². The van der Waals surface area contributed by atoms with Crippen LogP contribution in [0.2, 0.25) is 0 Å². The Balaban J connectivity index is 1.70. The molecular formula is C19H22F2N6O2. The highest BCUT2D eigenvalue weighted by atomic mass is 19.3. The normalized spacial score (nSPS) is 17.8. The summed E-state index contributed by atoms with van der Waals surface area (Å²) >= 11 is 0. The van der Waals surface area contributed by atoms with E-state index in [9.17, 15) is 13.9 Å². The number of fused-ring (bicyclic) bond motifs is 1. The summed E-state index contributed by atoms with van der Waals surface area (Å²) in [4.78, 5) is 8.81. The van der Waals surface area contributed by atoms with Crippen LogP contribution in [0.1, 0.15) is 12.8 Å². The number of phenols is 1. The van der Waals surface area contributed by atoms with Gasteiger partial charge in [0.15, 0.2) is 17.3 Å². The van der Waals surface area contributed by atoms with Crippen LogP contribution < -0.4 is 9.64 Å². The average molecular weight is 404 g/mol. The predicted molar refractivity (Wildman–Crippen MR) is 103 cm³/mol. The molecule has 8 nitrogen and oxygen atoms in total. The summed E-state index contributed by atoms with van der Waals surface area (Å²) in [6.45, 7) is -0.952. The fourth-order valence-electron chi connectivity index (χ4n) is 3.74. The molecule has 0 spiro atoms. The summed E-state index contributed by atoms with van der Waals surface area (Å²) in [5, 5.41) is 19.0. The standard InChI is InChI=1S/C19H22F2N6O2/c1-25-8-3-4-12(11-25)26(2)18-17-22-7-9-27(17)16(23-24-18)14-6-5-13(10-15(14)28)29-19(20)21/h5-7,9-10,12,19,28H,3-4,8,11H2,1-2H3. The molecule has 1 aliphatic heterocycles. The average Bonchev–Trinajstić information content (AvgIpc) is 3.17. The number of phenolic OH excluding ortho intramolecular Hbond substituents is 1. The number of hydrogen-bond donors (Lipinski definition) is 1. The molecule has 0 aliphatic carbocycles. The van der Waals surface area contributed by atoms with E-state index in [1.807, 2.05) is 7.05 Å². The third-order valence-electron chi connectivity index (χ3n) is 5.23. The van der Waals surface area contributed by atoms with E-state index >= 15 is 0 Å². The van der Waals surface area contributed by atoms with Crippen LogP contribution in [0.15, 0.2) is 30.6 Å². The zero-order valence-corrected chi connectivity index (χ0v) is 16.2. The summed E-state index contributed by atoms with van der Waals surface area (Å²) in [6.07, 6.45) is 5.54. The highest BCUT2D eigenvalue weighted by Crippen LogP contribution is 2.33. The number of piperidine rings is 1. The molecule has 3 aromatic rings. The first-order valence-electron chi connectivity index (χ1n) is 9.33. The monoisotopic (exact) mass is 404 g/mol. The smallest absolute Gasteiger partial charge is 0.387 e. The molecule has 1 N–H and O–H groups in total. The lowest BCUT2D eigenvalue weighted by molar-refractivity contribution is -0.0499. The molecule has 1 atom stereocenters. The Kier molecular flexibility index (Phi) is 5.18. The van der Waals surface area contributed by atoms with E-state index in [1.54, 1.807) is 16.8 Å². The van der Waals surface area contributed by atoms with Gasteiger partial charge in [0.1, 0.15) is 11.5 Å². The van der Waals surface area contributed by atoms with Crippen LogP contribution in [0.4, 0.5) is 14.6 Å². The van der Waals surface area contributed by atoms with E-state index in [0.29, 0.717) is 28.9 Å². The van der Waals surface area contributed by atoms with Gasteiger partial charge in [0.2, 0.25) is 0 Å². The molecule has 4 rings (SSSR count). The van der Waals surface area contributed by atoms with Crippen LogP contribution in [0.25, 0.3) is 17.0 Å². The highest BCUT2D eigenvalue weighted by Gasteiger charge is 2.25. The maximum Gasteiger partial charge on any atom is 0.387 e. The topological polar surface area (TPSA) is 79.0 Å². The third kappa shape index (κ3) is 3.80. The van der Waals surface area contributed by atoms with E-state index in [-0.39, 0.29) is 11.5 Å². The quantitative estimate of drug-likeness (QED) is 0.700. The SMILES string of the molecule is CN1CCCC(N(C)c2nnc(-c3ccc(OC(F)F)cc3O)n3ccnc23)C1. The lowest BCUT2D eigenvalue weighted by atomic mass is 10.1. The number of ether oxygens (including phenoxy) is 1. The number of rotatable bonds is 5. The van der Waals surface area contributed by atoms with Crippen LogP contribution >= 0.6 is 0 Å². The number of benzene rings is 1. The Morgan fingerprint density at radius 1 is 1.31 bits per heavy atom. The van der Waals surface area contributed by atoms with Crippen molar-refractivity contribution in [2.75, 3.05) is 32.1 Å². The Bertz CT molecular complexity index is 1010. The van der Waals surface area contributed by atoms with Crippen molar-refractivity contribution in [1.29, 1.82) is 0 Å². The number of hydrogen-bond acceptors (Lipinski definition) is 7. The molecule has 154 valence electrons. The molecule has 0 radical (unpaired) electrons. The number of aromatic nitrogens is 4. The van der Waals surface area contributed by atoms with E-state index in [2.05, 4.69) is 36.8 Å². The number of alkyl halides is 2. The van der Waals surface area contributed by atoms with Gasteiger partial charge in [-0.2, -0.15) is 8.78 Å². The Labute approximate surface area is 166 Å². The van der Waals surface area contributed by atoms with Gasteiger partial charge in [-0.15, -0.1) is 10.2 Å². The Hall–Kier alpha value is -3.01. The molecule has 1 unspecified atom stereocenters. The minimum atomic E-state index is -2.96. The first kappa shape index (κ1) is 19.3. The van der Waals surface area contributed by atoms with Gasteiger partial charge >= 0.3 is 6.61 Å². The van der Waals surface area contributed by atoms with Crippen LogP contribution in [-0.4, -0.2) is 69.4 Å². The van der Waals surface area contributed by atoms with Gasteiger partial charge in [0.25, 0.3) is 0 Å². The summed E-state index contributed by atoms with van der Waals surface area (Å²) in [7, 11) is 4.08. The molecule has 0 amide bonds. The summed E-state index contributed by atoms with van der Waals surface area (Å²) in [5.74, 6) is 0.643. The number of imidazole rings is 1. The zero-order valence-electron chi connectivity index (χ0n) is 16.2. The lowest BCUT2D eigenvalue weighted by Crippen LogP contribution is -2.45. The zero-order chi connectivity index (χ0) is 20.5. The first-order valence-corrected chi connectivity index (χ1v) is 9.33. The minimum Gasteiger partial charge on any atom is -0.507 e. The van der Waals surface area contributed by atoms with Crippen LogP contribution in [-0.2, 0) is 0 Å². The van der Waals surface area contributed by atoms with Crippen molar-refractivity contribution in [1.82, 2.24) is 24.5 Å². The van der Waals surface area contributed by atoms with Gasteiger partial charge in [0.05, 0.1) is 5.56 Å². The maximum atomic E-state index is 12.4. The van der Waals surface area contributed by atoms with Crippen molar-refractivity contribution in [3.05, 3.63) is 30.6 Å². The molecule has 29 heavy (non-hydrogen) atoms. The van der Waals surface area contributed by atoms with E-state index in [4.69, 9.17) is 0 Å². The van der Waals surface area contributed by atoms with E-state index < -0.39 is 6.61 Å². The van der Waals surface area contributed by atoms with Crippen LogP contribution in [0, 0.1) is 0 Å². The van der Waals surface area contributed by atoms with E-state index in [1.165, 1.54) is 12.1 Å². The molecule has 1 fully saturated rings. The summed E-state index contributed by atoms with van der Waals surface area (Å²) < 4.78 is 30.8. The van der Waals surface area contributed by atoms with E-state index in [0.717, 1.165) is 32.0 Å². The van der Waals surface area contributed by atoms with Crippen molar-refractivity contribution in [3.63, 3.8) is 0 Å². The lowest BCUT2D eigenvalue weighted by Gasteiger charge is -2.36. The molecule has 0 saturated carbocycles. The maximum absolute atomic E-state index is 12.4. The number of nitrogens with zero attached hydrogens (tertiary/aromatic N) is 6. The van der Waals surface area contributed by atoms with Gasteiger partial charge in [-0.05, 0) is 38.6 Å². The van der Waals surface area contributed by atoms with Crippen molar-refractivity contribution in [2.24, 2.45) is 0 Å². The molecule has 2 aromatic heterocycles. The van der Waals surface area contributed by atoms with Crippen LogP contribution in [0.5, 0.6) is 11.5 Å². The molecule has 1 saturated heterocycles. The van der Waals surface area contributed by atoms with Crippen molar-refractivity contribution in [3.8, 4) is 22.9 Å². The Morgan fingerprint density at radius 2 is 2.14 bits per heavy atom. The predicted octanol–water partition coefficient (Wildman–Crippen LogP) is 2.63. The molecule has 1 aromatic carbocycles. The fourth-order valence-corrected chi connectivity index (χ4v) is 3.74. The highest BCUT2D eigenvalue weighted by molar-refractivity contribution is 5.72. The van der Waals surface area contributed by atoms with Crippen molar-refractivity contribution in [2.45, 2.75) is 25.5 Å². The van der Waals surface area contributed by atoms with Crippen molar-refractivity contribution >= 4 is 11.5 Å². The van der Waals surface area contributed by atoms with Gasteiger partial charge in [-0.1, -0.05) is 0 Å². The van der Waals surface area contributed by atoms with Crippen molar-refractivity contribution < 1.29 is 18.6 Å². The first-order chi connectivity index (χ1) is 13.9. The minimum absolute atomic E-state index is 0.131. The number of anilines is 1. The number of likely N-dealkylation sites (N-methyl/N-ethyl adjacent to an activating group) is 2. The fraction of sp³-hybridized carbons (Fsp3) is 0.421. The Morgan fingerprint density at radius 3 is 2.86 bits per heavy atom. The summed E-state index contributed by atoms with van der Waals surface area (Å²) in [6, 6.07) is 4.25. The molecule has 0 bridgehead atoms. The molecule has 3 heterocycles. The molecule has 10 heteroatoms. The van der Waals surface area contributed by atoms with Gasteiger partial charge < -0.3 is 19.6 Å². The molecular weight excluding hydrogens is 382 g/mol. The summed E-state index contributed by atoms with van der Waals surface area (Å²) in [5.41, 5.74) is 0.951. The number of halogens is 2. The second-order valence-electron chi connectivity index (χ2n) is 7.19.